The number of oxime groups is 3. The van der Waals surface area contributed by atoms with Gasteiger partial charge in [0.25, 0.3) is 11.8 Å². The Kier molecular flexibility index (Phi) is 17.9. The maximum atomic E-state index is 12.5. The van der Waals surface area contributed by atoms with Crippen molar-refractivity contribution in [2.45, 2.75) is 40.4 Å². The van der Waals surface area contributed by atoms with Crippen molar-refractivity contribution in [1.82, 2.24) is 94.7 Å². The number of pyridine rings is 3. The molecular weight excluding hydrogens is 1160 g/mol. The summed E-state index contributed by atoms with van der Waals surface area (Å²) in [5.41, 5.74) is 18.6. The molecule has 13 aromatic rings. The molecule has 91 heavy (non-hydrogen) atoms. The molecule has 1 aliphatic heterocycles. The van der Waals surface area contributed by atoms with Crippen molar-refractivity contribution in [2.24, 2.45) is 21.2 Å². The van der Waals surface area contributed by atoms with Gasteiger partial charge in [-0.2, -0.15) is 0 Å². The molecule has 0 saturated heterocycles. The summed E-state index contributed by atoms with van der Waals surface area (Å²) in [7, 11) is 0. The summed E-state index contributed by atoms with van der Waals surface area (Å²) >= 11 is 0. The van der Waals surface area contributed by atoms with Crippen LogP contribution in [0, 0.1) is 0 Å². The molecule has 0 fully saturated rings. The number of aromatic nitrogens is 18. The lowest BCUT2D eigenvalue weighted by Crippen LogP contribution is -2.32. The molecule has 0 unspecified atom stereocenters. The standard InChI is InChI=1S/C26H20N8O3.C18H18N8O.C18H17N7O2/c1-16(31-37-12-11-33-25(35)19-6-2-3-7-20(19)26(33)36)22-14-28-23-24(29-22)34(32-30-23)15-17-8-9-21-18(13-17)5-4-10-27-21;1-12(24-27-8-6-19)16-10-21-17-18(22-16)26(25-23-17)11-13-4-5-15-14(9-13)3-2-7-20-15;1-12(23-27-8-7-26)16-10-20-17-18(21-16)25(24-22-17)11-13-4-5-15-14(9-13)3-2-6-19-15/h2-10,13-14H,11-12,15H2,1H3;2-5,7,9-10H,6,8,11,19H2,1H3;2-6,9-10,26H,7-8,11H2,1H3/b31-16+;24-12+;23-12+. The van der Waals surface area contributed by atoms with Crippen LogP contribution in [0.15, 0.2) is 168 Å². The first-order chi connectivity index (χ1) is 44.6. The van der Waals surface area contributed by atoms with E-state index in [2.05, 4.69) is 109 Å². The van der Waals surface area contributed by atoms with Gasteiger partial charge in [0.1, 0.15) is 54.0 Å². The van der Waals surface area contributed by atoms with E-state index in [1.165, 1.54) is 0 Å². The molecule has 454 valence electrons. The number of nitrogens with two attached hydrogens (primary N) is 1. The number of aliphatic hydroxyl groups excluding tert-OH is 1. The number of nitrogens with zero attached hydrogens (tertiary/aromatic N) is 22. The number of fused-ring (bicyclic) bond motifs is 7. The van der Waals surface area contributed by atoms with E-state index >= 15 is 0 Å². The van der Waals surface area contributed by atoms with E-state index < -0.39 is 0 Å². The first kappa shape index (κ1) is 59.4. The monoisotopic (exact) mass is 1220 g/mol. The number of imide groups is 1. The summed E-state index contributed by atoms with van der Waals surface area (Å²) < 4.78 is 5.10. The fourth-order valence-electron chi connectivity index (χ4n) is 9.53. The maximum absolute atomic E-state index is 12.5. The zero-order valence-electron chi connectivity index (χ0n) is 49.2. The third-order valence-electron chi connectivity index (χ3n) is 14.1. The lowest BCUT2D eigenvalue weighted by Gasteiger charge is -2.12. The van der Waals surface area contributed by atoms with Gasteiger partial charge in [0, 0.05) is 41.3 Å². The Labute approximate surface area is 516 Å². The molecule has 0 spiro atoms. The van der Waals surface area contributed by atoms with E-state index in [-0.39, 0.29) is 38.2 Å². The molecule has 0 radical (unpaired) electrons. The highest BCUT2D eigenvalue weighted by atomic mass is 16.6. The summed E-state index contributed by atoms with van der Waals surface area (Å²) in [6, 6.07) is 36.7. The molecule has 14 rings (SSSR count). The van der Waals surface area contributed by atoms with Gasteiger partial charge in [-0.1, -0.05) is 79.6 Å². The third-order valence-corrected chi connectivity index (χ3v) is 14.1. The number of carbonyl (C=O) groups excluding carboxylic acids is 2. The average Bonchev–Trinajstić information content (AvgIpc) is 1.78. The van der Waals surface area contributed by atoms with E-state index in [9.17, 15) is 9.59 Å². The molecule has 4 aromatic carbocycles. The normalized spacial score (nSPS) is 12.6. The number of carbonyl (C=O) groups is 2. The molecule has 0 atom stereocenters. The second-order valence-corrected chi connectivity index (χ2v) is 20.4. The van der Waals surface area contributed by atoms with Crippen molar-refractivity contribution in [3.63, 3.8) is 0 Å². The highest BCUT2D eigenvalue weighted by Crippen LogP contribution is 2.23. The largest absolute Gasteiger partial charge is 0.394 e. The Morgan fingerprint density at radius 2 is 0.846 bits per heavy atom. The fraction of sp³-hybridized carbons (Fsp3) is 0.194. The second-order valence-electron chi connectivity index (χ2n) is 20.4. The Bertz CT molecular complexity index is 4700. The van der Waals surface area contributed by atoms with Crippen LogP contribution < -0.4 is 5.73 Å². The van der Waals surface area contributed by atoms with Gasteiger partial charge in [-0.15, -0.1) is 15.3 Å². The van der Waals surface area contributed by atoms with Crippen LogP contribution in [0.1, 0.15) is 75.3 Å². The number of rotatable bonds is 19. The quantitative estimate of drug-likeness (QED) is 0.0410. The molecule has 29 heteroatoms. The van der Waals surface area contributed by atoms with Gasteiger partial charge in [-0.05, 0) is 104 Å². The minimum absolute atomic E-state index is 0.0504. The number of amides is 2. The summed E-state index contributed by atoms with van der Waals surface area (Å²) in [6.45, 7) is 7.73. The second kappa shape index (κ2) is 27.4. The molecule has 3 N–H and O–H groups in total. The van der Waals surface area contributed by atoms with Gasteiger partial charge >= 0.3 is 0 Å². The maximum Gasteiger partial charge on any atom is 0.261 e. The summed E-state index contributed by atoms with van der Waals surface area (Å²) in [5.74, 6) is -0.658. The van der Waals surface area contributed by atoms with Crippen LogP contribution in [0.25, 0.3) is 66.6 Å². The summed E-state index contributed by atoms with van der Waals surface area (Å²) in [4.78, 5) is 81.3. The summed E-state index contributed by atoms with van der Waals surface area (Å²) in [5, 5.41) is 48.8. The highest BCUT2D eigenvalue weighted by Gasteiger charge is 2.35. The van der Waals surface area contributed by atoms with Crippen LogP contribution in [0.5, 0.6) is 0 Å². The Hall–Kier alpha value is -12.0. The number of hydrogen-bond donors (Lipinski definition) is 2. The molecule has 29 nitrogen and oxygen atoms in total. The molecular formula is C62H55N23O6. The lowest BCUT2D eigenvalue weighted by molar-refractivity contribution is 0.0571. The van der Waals surface area contributed by atoms with Gasteiger partial charge in [0.05, 0.1) is 79.1 Å². The summed E-state index contributed by atoms with van der Waals surface area (Å²) in [6.07, 6.45) is 10.1. The minimum Gasteiger partial charge on any atom is -0.394 e. The molecule has 0 saturated carbocycles. The van der Waals surface area contributed by atoms with Gasteiger partial charge in [-0.25, -0.2) is 43.9 Å². The van der Waals surface area contributed by atoms with E-state index in [1.54, 1.807) is 96.3 Å². The Morgan fingerprint density at radius 1 is 0.473 bits per heavy atom. The van der Waals surface area contributed by atoms with Crippen molar-refractivity contribution >= 4 is 95.5 Å². The van der Waals surface area contributed by atoms with Crippen LogP contribution in [0.4, 0.5) is 0 Å². The lowest BCUT2D eigenvalue weighted by atomic mass is 10.1. The molecule has 0 aliphatic carbocycles. The zero-order valence-corrected chi connectivity index (χ0v) is 49.2. The van der Waals surface area contributed by atoms with Gasteiger partial charge < -0.3 is 25.4 Å². The number of hydrogen-bond acceptors (Lipinski definition) is 25. The van der Waals surface area contributed by atoms with Crippen LogP contribution >= 0.6 is 0 Å². The number of benzene rings is 4. The van der Waals surface area contributed by atoms with Crippen LogP contribution in [-0.4, -0.2) is 168 Å². The zero-order chi connectivity index (χ0) is 62.6. The highest BCUT2D eigenvalue weighted by molar-refractivity contribution is 6.21. The molecule has 2 amide bonds. The fourth-order valence-corrected chi connectivity index (χ4v) is 9.53. The molecule has 10 heterocycles. The predicted octanol–water partition coefficient (Wildman–Crippen LogP) is 5.92. The molecule has 0 bridgehead atoms. The SMILES string of the molecule is C/C(=N\OCCN)c1cnc2nnn(Cc3ccc4ncccc4c3)c2n1.C/C(=N\OCCN1C(=O)c2ccccc2C1=O)c1cnc2nnn(Cc3ccc4ncccc4c3)c2n1.C/C(=N\OCCO)c1cnc2nnn(Cc3ccc4ncccc4c3)c2n1. The number of aliphatic hydroxyl groups is 1. The van der Waals surface area contributed by atoms with E-state index in [1.807, 2.05) is 72.8 Å². The van der Waals surface area contributed by atoms with Crippen molar-refractivity contribution in [2.75, 3.05) is 39.5 Å². The Morgan fingerprint density at radius 3 is 1.22 bits per heavy atom. The van der Waals surface area contributed by atoms with Crippen LogP contribution in [0.2, 0.25) is 0 Å². The van der Waals surface area contributed by atoms with Crippen molar-refractivity contribution < 1.29 is 29.2 Å². The van der Waals surface area contributed by atoms with Crippen molar-refractivity contribution in [1.29, 1.82) is 0 Å². The van der Waals surface area contributed by atoms with Crippen LogP contribution in [-0.2, 0) is 34.1 Å². The smallest absolute Gasteiger partial charge is 0.261 e. The van der Waals surface area contributed by atoms with Gasteiger partial charge in [-0.3, -0.25) is 29.4 Å². The van der Waals surface area contributed by atoms with E-state index in [4.69, 9.17) is 25.4 Å². The van der Waals surface area contributed by atoms with Crippen LogP contribution in [0.3, 0.4) is 0 Å². The van der Waals surface area contributed by atoms with Gasteiger partial charge in [0.15, 0.2) is 16.9 Å². The van der Waals surface area contributed by atoms with E-state index in [0.717, 1.165) is 54.3 Å². The average molecular weight is 1220 g/mol. The first-order valence-corrected chi connectivity index (χ1v) is 28.5. The van der Waals surface area contributed by atoms with Gasteiger partial charge in [0.2, 0.25) is 16.9 Å². The first-order valence-electron chi connectivity index (χ1n) is 28.5. The topological polar surface area (TPSA) is 357 Å². The third kappa shape index (κ3) is 13.6. The minimum atomic E-state index is -0.329. The van der Waals surface area contributed by atoms with Crippen molar-refractivity contribution in [3.05, 3.63) is 197 Å². The molecule has 1 aliphatic rings. The molecule has 9 aromatic heterocycles. The van der Waals surface area contributed by atoms with E-state index in [0.29, 0.717) is 112 Å². The Balaban J connectivity index is 0.000000135. The van der Waals surface area contributed by atoms with Crippen molar-refractivity contribution in [3.8, 4) is 0 Å². The predicted molar refractivity (Wildman–Crippen MR) is 334 cm³/mol.